The van der Waals surface area contributed by atoms with Crippen molar-refractivity contribution in [3.8, 4) is 0 Å². The number of thiophene rings is 1. The normalized spacial score (nSPS) is 12.7. The van der Waals surface area contributed by atoms with Crippen molar-refractivity contribution in [2.75, 3.05) is 0 Å². The Kier molecular flexibility index (Phi) is 18.1. The molecule has 0 aliphatic rings. The molecule has 0 nitrogen and oxygen atoms in total. The van der Waals surface area contributed by atoms with Gasteiger partial charge in [-0.1, -0.05) is 0 Å². The van der Waals surface area contributed by atoms with Gasteiger partial charge in [-0.15, -0.1) is 0 Å². The topological polar surface area (TPSA) is 0 Å². The molecule has 1 aromatic rings. The van der Waals surface area contributed by atoms with Crippen molar-refractivity contribution in [2.45, 2.75) is 154 Å². The predicted octanol–water partition coefficient (Wildman–Crippen LogP) is 9.00. The van der Waals surface area contributed by atoms with Gasteiger partial charge < -0.3 is 0 Å². The molecule has 1 aromatic heterocycles. The van der Waals surface area contributed by atoms with Gasteiger partial charge in [0.15, 0.2) is 0 Å². The Bertz CT molecular complexity index is 519. The summed E-state index contributed by atoms with van der Waals surface area (Å²) in [4.78, 5) is 3.57. The summed E-state index contributed by atoms with van der Waals surface area (Å²) >= 11 is 3.00. The van der Waals surface area contributed by atoms with Gasteiger partial charge in [0.05, 0.1) is 0 Å². The average Bonchev–Trinajstić information content (AvgIpc) is 3.06. The summed E-state index contributed by atoms with van der Waals surface area (Å²) in [6, 6.07) is 0. The number of hydrogen-bond acceptors (Lipinski definition) is 1. The second-order valence-electron chi connectivity index (χ2n) is 9.79. The van der Waals surface area contributed by atoms with Crippen LogP contribution in [0.1, 0.15) is 145 Å². The average molecular weight is 542 g/mol. The molecule has 0 N–H and O–H groups in total. The zero-order valence-electron chi connectivity index (χ0n) is 21.4. The van der Waals surface area contributed by atoms with E-state index in [4.69, 9.17) is 0 Å². The Morgan fingerprint density at radius 3 is 1.60 bits per heavy atom. The van der Waals surface area contributed by atoms with Crippen molar-refractivity contribution >= 4 is 33.9 Å². The monoisotopic (exact) mass is 542 g/mol. The van der Waals surface area contributed by atoms with Crippen molar-refractivity contribution < 1.29 is 0 Å². The fourth-order valence-electron chi connectivity index (χ4n) is 4.65. The Morgan fingerprint density at radius 2 is 1.03 bits per heavy atom. The Hall–Kier alpha value is 0.499. The van der Waals surface area contributed by atoms with Gasteiger partial charge in [-0.05, 0) is 0 Å². The number of rotatable bonds is 20. The van der Waals surface area contributed by atoms with Gasteiger partial charge >= 0.3 is 208 Å². The number of hydrogen-bond donors (Lipinski definition) is 0. The van der Waals surface area contributed by atoms with Crippen LogP contribution in [0.3, 0.4) is 0 Å². The van der Waals surface area contributed by atoms with Crippen LogP contribution in [-0.2, 0) is 25.7 Å². The predicted molar refractivity (Wildman–Crippen MR) is 145 cm³/mol. The van der Waals surface area contributed by atoms with E-state index in [1.165, 1.54) is 122 Å². The van der Waals surface area contributed by atoms with E-state index in [0.717, 1.165) is 26.5 Å². The molecule has 0 amide bonds. The maximum atomic E-state index is 2.36. The van der Waals surface area contributed by atoms with E-state index in [2.05, 4.69) is 39.0 Å². The molecular weight excluding hydrogens is 487 g/mol. The van der Waals surface area contributed by atoms with Crippen molar-refractivity contribution in [3.63, 3.8) is 0 Å². The quantitative estimate of drug-likeness (QED) is 0.114. The fraction of sp³-hybridized carbons (Fsp3) is 0.857. The minimum atomic E-state index is 0.774. The summed E-state index contributed by atoms with van der Waals surface area (Å²) in [6.07, 6.45) is 26.8. The standard InChI is InChI=1S/C28H51S.Sn.3H/c1-5-9-13-14-15-16-17-18-19-20-22-26-25(21-10-6-2)27(23-11-7-3)29-28(26)24-12-8-4;;;;/h20H,5-19,21-24H2,1-4H3;;;;. The molecule has 0 aromatic carbocycles. The molecule has 0 saturated carbocycles. The molecular formula is C28H54SSn. The summed E-state index contributed by atoms with van der Waals surface area (Å²) in [5.41, 5.74) is 3.69. The summed E-state index contributed by atoms with van der Waals surface area (Å²) in [6.45, 7) is 9.37. The third-order valence-electron chi connectivity index (χ3n) is 6.68. The molecule has 1 atom stereocenters. The summed E-state index contributed by atoms with van der Waals surface area (Å²) in [5, 5.41) is 0. The Labute approximate surface area is 207 Å². The third-order valence-corrected chi connectivity index (χ3v) is 10.9. The van der Waals surface area contributed by atoms with Crippen LogP contribution in [0.5, 0.6) is 0 Å². The van der Waals surface area contributed by atoms with E-state index in [1.54, 1.807) is 9.75 Å². The van der Waals surface area contributed by atoms with Crippen molar-refractivity contribution in [1.29, 1.82) is 0 Å². The zero-order valence-corrected chi connectivity index (χ0v) is 27.9. The summed E-state index contributed by atoms with van der Waals surface area (Å²) < 4.78 is 1.06. The van der Waals surface area contributed by atoms with Crippen LogP contribution in [0.15, 0.2) is 0 Å². The van der Waals surface area contributed by atoms with Crippen LogP contribution < -0.4 is 0 Å². The van der Waals surface area contributed by atoms with Crippen LogP contribution in [0.2, 0.25) is 3.93 Å². The van der Waals surface area contributed by atoms with E-state index in [9.17, 15) is 0 Å². The molecule has 2 heteroatoms. The molecule has 1 unspecified atom stereocenters. The first-order chi connectivity index (χ1) is 14.7. The first-order valence-corrected chi connectivity index (χ1v) is 17.9. The second kappa shape index (κ2) is 19.0. The number of aryl methyl sites for hydroxylation is 2. The molecule has 30 heavy (non-hydrogen) atoms. The van der Waals surface area contributed by atoms with Crippen LogP contribution in [0.4, 0.5) is 0 Å². The van der Waals surface area contributed by atoms with Gasteiger partial charge in [0, 0.05) is 0 Å². The first kappa shape index (κ1) is 28.5. The van der Waals surface area contributed by atoms with Crippen molar-refractivity contribution in [1.82, 2.24) is 0 Å². The molecule has 0 spiro atoms. The summed E-state index contributed by atoms with van der Waals surface area (Å²) in [5.74, 6) is 0. The third kappa shape index (κ3) is 11.9. The van der Waals surface area contributed by atoms with Gasteiger partial charge in [-0.3, -0.25) is 0 Å². The molecule has 0 radical (unpaired) electrons. The Balaban J connectivity index is 2.65. The molecule has 0 fully saturated rings. The van der Waals surface area contributed by atoms with Gasteiger partial charge in [-0.2, -0.15) is 0 Å². The van der Waals surface area contributed by atoms with Crippen LogP contribution in [-0.4, -0.2) is 22.5 Å². The van der Waals surface area contributed by atoms with Crippen molar-refractivity contribution in [2.24, 2.45) is 0 Å². The summed E-state index contributed by atoms with van der Waals surface area (Å²) in [7, 11) is 0. The van der Waals surface area contributed by atoms with Gasteiger partial charge in [0.25, 0.3) is 0 Å². The van der Waals surface area contributed by atoms with E-state index < -0.39 is 0 Å². The van der Waals surface area contributed by atoms with Crippen molar-refractivity contribution in [3.05, 3.63) is 20.9 Å². The molecule has 0 saturated heterocycles. The molecule has 0 aliphatic heterocycles. The zero-order chi connectivity index (χ0) is 22.0. The molecule has 1 rings (SSSR count). The molecule has 176 valence electrons. The van der Waals surface area contributed by atoms with Gasteiger partial charge in [0.1, 0.15) is 0 Å². The molecule has 0 bridgehead atoms. The number of unbranched alkanes of at least 4 members (excludes halogenated alkanes) is 10. The van der Waals surface area contributed by atoms with E-state index >= 15 is 0 Å². The second-order valence-corrected chi connectivity index (χ2v) is 15.6. The van der Waals surface area contributed by atoms with Crippen LogP contribution in [0.25, 0.3) is 0 Å². The minimum absolute atomic E-state index is 0.774. The van der Waals surface area contributed by atoms with Gasteiger partial charge in [0.2, 0.25) is 0 Å². The van der Waals surface area contributed by atoms with Crippen LogP contribution >= 0.6 is 11.3 Å². The SMILES string of the molecule is CCCCCCCCCC[CH]([SnH3])Cc1c(CCCC)sc(CCCC)c1CCCC. The first-order valence-electron chi connectivity index (χ1n) is 13.8. The molecule has 1 heterocycles. The molecule has 0 aliphatic carbocycles. The maximum absolute atomic E-state index is 2.36. The van der Waals surface area contributed by atoms with E-state index in [1.807, 2.05) is 11.1 Å². The van der Waals surface area contributed by atoms with E-state index in [-0.39, 0.29) is 0 Å². The fourth-order valence-corrected chi connectivity index (χ4v) is 8.44. The van der Waals surface area contributed by atoms with Gasteiger partial charge in [-0.25, -0.2) is 0 Å². The van der Waals surface area contributed by atoms with E-state index in [0.29, 0.717) is 0 Å². The Morgan fingerprint density at radius 1 is 0.567 bits per heavy atom. The van der Waals surface area contributed by atoms with Crippen LogP contribution in [0, 0.1) is 0 Å².